The second kappa shape index (κ2) is 12.4. The van der Waals surface area contributed by atoms with Crippen molar-refractivity contribution in [2.45, 2.75) is 126 Å². The van der Waals surface area contributed by atoms with E-state index in [1.807, 2.05) is 0 Å². The van der Waals surface area contributed by atoms with Crippen molar-refractivity contribution in [1.82, 2.24) is 10.6 Å². The van der Waals surface area contributed by atoms with Crippen molar-refractivity contribution < 1.29 is 9.53 Å². The number of fused-ring (bicyclic) bond motifs is 5. The van der Waals surface area contributed by atoms with E-state index in [0.717, 1.165) is 62.3 Å². The Balaban J connectivity index is 1.76. The molecular weight excluding hydrogens is 492 g/mol. The van der Waals surface area contributed by atoms with E-state index in [-0.39, 0.29) is 22.9 Å². The maximum absolute atomic E-state index is 12.5. The Morgan fingerprint density at radius 2 is 1.80 bits per heavy atom. The summed E-state index contributed by atoms with van der Waals surface area (Å²) < 4.78 is 6.26. The summed E-state index contributed by atoms with van der Waals surface area (Å²) in [5.74, 6) is 2.74. The lowest BCUT2D eigenvalue weighted by Crippen LogP contribution is -2.60. The van der Waals surface area contributed by atoms with Crippen molar-refractivity contribution >= 4 is 5.97 Å². The molecule has 4 rings (SSSR count). The molecule has 0 saturated heterocycles. The molecule has 4 aliphatic rings. The summed E-state index contributed by atoms with van der Waals surface area (Å²) in [4.78, 5) is 12.5. The first-order valence-electron chi connectivity index (χ1n) is 16.6. The van der Waals surface area contributed by atoms with Gasteiger partial charge in [-0.3, -0.25) is 4.79 Å². The molecule has 0 bridgehead atoms. The van der Waals surface area contributed by atoms with Gasteiger partial charge in [0.1, 0.15) is 6.10 Å². The topological polar surface area (TPSA) is 50.4 Å². The zero-order valence-electron chi connectivity index (χ0n) is 27.2. The van der Waals surface area contributed by atoms with Crippen molar-refractivity contribution in [1.29, 1.82) is 0 Å². The van der Waals surface area contributed by atoms with E-state index in [0.29, 0.717) is 11.3 Å². The zero-order valence-corrected chi connectivity index (χ0v) is 27.2. The van der Waals surface area contributed by atoms with Crippen LogP contribution in [0.5, 0.6) is 0 Å². The number of esters is 1. The average Bonchev–Trinajstić information content (AvgIpc) is 3.15. The van der Waals surface area contributed by atoms with E-state index in [9.17, 15) is 4.79 Å². The summed E-state index contributed by atoms with van der Waals surface area (Å²) in [6, 6.07) is 0. The number of nitrogens with one attached hydrogen (secondary N) is 2. The van der Waals surface area contributed by atoms with Crippen molar-refractivity contribution in [3.05, 3.63) is 35.1 Å². The van der Waals surface area contributed by atoms with E-state index in [2.05, 4.69) is 71.8 Å². The van der Waals surface area contributed by atoms with Crippen LogP contribution in [0.3, 0.4) is 0 Å². The van der Waals surface area contributed by atoms with Crippen molar-refractivity contribution in [2.75, 3.05) is 19.6 Å². The number of hydrogen-bond donors (Lipinski definition) is 2. The molecule has 4 heteroatoms. The molecule has 0 aromatic rings. The lowest BCUT2D eigenvalue weighted by atomic mass is 9.37. The van der Waals surface area contributed by atoms with Crippen molar-refractivity contribution in [3.8, 4) is 0 Å². The van der Waals surface area contributed by atoms with Crippen molar-refractivity contribution in [2.24, 2.45) is 39.9 Å². The number of rotatable bonds is 10. The van der Waals surface area contributed by atoms with Crippen LogP contribution in [0.15, 0.2) is 35.1 Å². The Morgan fingerprint density at radius 1 is 1.05 bits per heavy atom. The summed E-state index contributed by atoms with van der Waals surface area (Å²) in [6.45, 7) is 25.8. The maximum Gasteiger partial charge on any atom is 0.303 e. The Hall–Kier alpha value is -1.55. The Labute approximate surface area is 246 Å². The van der Waals surface area contributed by atoms with Gasteiger partial charge >= 0.3 is 5.97 Å². The number of likely N-dealkylation sites (N-methyl/N-ethyl adjacent to an activating group) is 1. The van der Waals surface area contributed by atoms with Crippen LogP contribution < -0.4 is 10.6 Å². The first-order valence-corrected chi connectivity index (χ1v) is 16.6. The second-order valence-corrected chi connectivity index (χ2v) is 14.9. The van der Waals surface area contributed by atoms with Crippen LogP contribution in [-0.4, -0.2) is 31.7 Å². The minimum Gasteiger partial charge on any atom is -0.458 e. The van der Waals surface area contributed by atoms with Gasteiger partial charge in [0.25, 0.3) is 0 Å². The van der Waals surface area contributed by atoms with Crippen LogP contribution in [0.4, 0.5) is 0 Å². The molecule has 4 nitrogen and oxygen atoms in total. The largest absolute Gasteiger partial charge is 0.458 e. The summed E-state index contributed by atoms with van der Waals surface area (Å²) in [7, 11) is 0. The van der Waals surface area contributed by atoms with E-state index in [1.165, 1.54) is 61.7 Å². The summed E-state index contributed by atoms with van der Waals surface area (Å²) in [5, 5.41) is 7.08. The molecule has 40 heavy (non-hydrogen) atoms. The van der Waals surface area contributed by atoms with Gasteiger partial charge in [0.05, 0.1) is 0 Å². The fourth-order valence-electron chi connectivity index (χ4n) is 10.5. The molecule has 4 fully saturated rings. The molecule has 6 unspecified atom stereocenters. The standard InChI is InChI=1S/C36H60N2O2/c1-10-37-21-22-38-26(5)28(15-11-13-24(2)3)33-30-16-17-32-34(7)19-12-14-25(4)29(34)18-20-35(32,8)36(30,9)23-31(33)40-27(6)39/h13,25,29-32,37-38H,5,10-12,14-23H2,1-4,6-9H3/b33-28-/t25-,29?,30?,31?,32?,34?,35+,36?/m1/s1. The predicted molar refractivity (Wildman–Crippen MR) is 168 cm³/mol. The fourth-order valence-corrected chi connectivity index (χ4v) is 10.5. The number of hydrogen-bond acceptors (Lipinski definition) is 4. The third kappa shape index (κ3) is 5.60. The molecular formula is C36H60N2O2. The van der Waals surface area contributed by atoms with E-state index in [1.54, 1.807) is 6.92 Å². The van der Waals surface area contributed by atoms with Crippen LogP contribution in [-0.2, 0) is 9.53 Å². The smallest absolute Gasteiger partial charge is 0.303 e. The molecule has 0 aliphatic heterocycles. The Morgan fingerprint density at radius 3 is 2.48 bits per heavy atom. The summed E-state index contributed by atoms with van der Waals surface area (Å²) in [5.41, 5.74) is 5.90. The van der Waals surface area contributed by atoms with Gasteiger partial charge in [-0.25, -0.2) is 0 Å². The van der Waals surface area contributed by atoms with E-state index >= 15 is 0 Å². The molecule has 0 heterocycles. The van der Waals surface area contributed by atoms with E-state index in [4.69, 9.17) is 4.74 Å². The maximum atomic E-state index is 12.5. The molecule has 0 aromatic heterocycles. The molecule has 8 atom stereocenters. The van der Waals surface area contributed by atoms with Crippen LogP contribution in [0.2, 0.25) is 0 Å². The van der Waals surface area contributed by atoms with Crippen LogP contribution in [0.1, 0.15) is 120 Å². The van der Waals surface area contributed by atoms with Gasteiger partial charge < -0.3 is 15.4 Å². The van der Waals surface area contributed by atoms with Gasteiger partial charge in [0.2, 0.25) is 0 Å². The molecule has 0 aromatic carbocycles. The number of ether oxygens (including phenoxy) is 1. The number of carbonyl (C=O) groups is 1. The van der Waals surface area contributed by atoms with Gasteiger partial charge in [0.15, 0.2) is 0 Å². The molecule has 4 saturated carbocycles. The van der Waals surface area contributed by atoms with Gasteiger partial charge in [-0.15, -0.1) is 0 Å². The highest BCUT2D eigenvalue weighted by Crippen LogP contribution is 2.74. The first-order chi connectivity index (χ1) is 18.9. The minimum atomic E-state index is -0.155. The summed E-state index contributed by atoms with van der Waals surface area (Å²) in [6.07, 6.45) is 14.4. The third-order valence-corrected chi connectivity index (χ3v) is 12.5. The second-order valence-electron chi connectivity index (χ2n) is 14.9. The monoisotopic (exact) mass is 552 g/mol. The molecule has 4 aliphatic carbocycles. The van der Waals surface area contributed by atoms with Crippen LogP contribution >= 0.6 is 0 Å². The first kappa shape index (κ1) is 31.4. The highest BCUT2D eigenvalue weighted by molar-refractivity contribution is 5.67. The molecule has 0 radical (unpaired) electrons. The Kier molecular flexibility index (Phi) is 9.70. The highest BCUT2D eigenvalue weighted by atomic mass is 16.5. The zero-order chi connectivity index (χ0) is 29.3. The normalized spacial score (nSPS) is 39.9. The summed E-state index contributed by atoms with van der Waals surface area (Å²) >= 11 is 0. The Bertz CT molecular complexity index is 1010. The van der Waals surface area contributed by atoms with Crippen LogP contribution in [0, 0.1) is 39.9 Å². The SMILES string of the molecule is C=C(NCCNCC)/C(CCC=C(C)C)=C1\C(OC(C)=O)CC2(C)C1CCC1C3(C)CCC[C@@H](C)C3CC[C@@]12C. The van der Waals surface area contributed by atoms with Gasteiger partial charge in [-0.2, -0.15) is 0 Å². The fraction of sp³-hybridized carbons (Fsp3) is 0.806. The van der Waals surface area contributed by atoms with Crippen molar-refractivity contribution in [3.63, 3.8) is 0 Å². The lowest BCUT2D eigenvalue weighted by Gasteiger charge is -2.67. The lowest BCUT2D eigenvalue weighted by molar-refractivity contribution is -0.185. The molecule has 0 amide bonds. The predicted octanol–water partition coefficient (Wildman–Crippen LogP) is 8.35. The molecule has 0 spiro atoms. The van der Waals surface area contributed by atoms with Crippen LogP contribution in [0.25, 0.3) is 0 Å². The van der Waals surface area contributed by atoms with Gasteiger partial charge in [-0.1, -0.05) is 65.7 Å². The number of carbonyl (C=O) groups excluding carboxylic acids is 1. The van der Waals surface area contributed by atoms with Gasteiger partial charge in [0, 0.05) is 25.7 Å². The number of allylic oxidation sites excluding steroid dienone is 3. The quantitative estimate of drug-likeness (QED) is 0.162. The van der Waals surface area contributed by atoms with E-state index < -0.39 is 0 Å². The average molecular weight is 553 g/mol. The van der Waals surface area contributed by atoms with Gasteiger partial charge in [-0.05, 0) is 123 Å². The molecule has 226 valence electrons. The highest BCUT2D eigenvalue weighted by Gasteiger charge is 2.68. The minimum absolute atomic E-state index is 0.117. The third-order valence-electron chi connectivity index (χ3n) is 12.5. The molecule has 2 N–H and O–H groups in total.